The molecule has 0 aliphatic heterocycles. The summed E-state index contributed by atoms with van der Waals surface area (Å²) in [5, 5.41) is 16.5. The van der Waals surface area contributed by atoms with Crippen LogP contribution in [-0.4, -0.2) is 51.6 Å². The molecule has 8 nitrogen and oxygen atoms in total. The number of amides is 1. The van der Waals surface area contributed by atoms with E-state index in [1.165, 1.54) is 0 Å². The molecule has 2 aromatic carbocycles. The highest BCUT2D eigenvalue weighted by Gasteiger charge is 2.16. The molecule has 0 atom stereocenters. The number of nitrogens with one attached hydrogen (secondary N) is 1. The number of hydrogen-bond acceptors (Lipinski definition) is 5. The summed E-state index contributed by atoms with van der Waals surface area (Å²) in [6.45, 7) is 8.39. The number of carbonyl (C=O) groups is 1. The minimum atomic E-state index is -1.13. The van der Waals surface area contributed by atoms with Gasteiger partial charge in [0.25, 0.3) is 5.91 Å². The zero-order chi connectivity index (χ0) is 28.4. The van der Waals surface area contributed by atoms with E-state index in [9.17, 15) is 4.79 Å². The van der Waals surface area contributed by atoms with Crippen LogP contribution in [0.25, 0.3) is 16.8 Å². The van der Waals surface area contributed by atoms with Crippen molar-refractivity contribution >= 4 is 19.9 Å². The lowest BCUT2D eigenvalue weighted by Gasteiger charge is -2.15. The van der Waals surface area contributed by atoms with Crippen LogP contribution in [0.5, 0.6) is 0 Å². The molecule has 0 fully saturated rings. The molecule has 0 radical (unpaired) electrons. The van der Waals surface area contributed by atoms with Crippen molar-refractivity contribution in [3.8, 4) is 16.8 Å². The standard InChI is InChI=1S/C31H41N5O3Si/c1-40(2,3)19-18-39-24-35-22-27(21-32-35)25-12-11-13-26(20-25)30(38)34-31-33-28(14-7-4-5-10-17-37)23-36(31)29-15-8-6-9-16-29/h6,8-9,11-13,15-16,20-23,37H,4-5,7,10,14,17-19,24H2,1-3H3,(H,33,34,38). The summed E-state index contributed by atoms with van der Waals surface area (Å²) >= 11 is 0. The molecule has 2 heterocycles. The summed E-state index contributed by atoms with van der Waals surface area (Å²) in [6.07, 6.45) is 10.4. The SMILES string of the molecule is C[Si](C)(C)CCOCn1cc(-c2cccc(C(=O)Nc3nc(CCCCCCO)cn3-c3ccccc3)c2)cn1. The number of nitrogens with zero attached hydrogens (tertiary/aromatic N) is 4. The van der Waals surface area contributed by atoms with Gasteiger partial charge in [-0.1, -0.05) is 62.8 Å². The van der Waals surface area contributed by atoms with E-state index in [0.717, 1.165) is 67.3 Å². The van der Waals surface area contributed by atoms with Crippen LogP contribution in [-0.2, 0) is 17.9 Å². The van der Waals surface area contributed by atoms with Crippen LogP contribution in [0, 0.1) is 0 Å². The van der Waals surface area contributed by atoms with Gasteiger partial charge in [0.2, 0.25) is 5.95 Å². The van der Waals surface area contributed by atoms with Gasteiger partial charge in [-0.15, -0.1) is 0 Å². The Hall–Kier alpha value is -3.53. The Morgan fingerprint density at radius 3 is 2.55 bits per heavy atom. The Balaban J connectivity index is 1.44. The molecule has 0 aliphatic carbocycles. The van der Waals surface area contributed by atoms with E-state index >= 15 is 0 Å². The van der Waals surface area contributed by atoms with E-state index in [4.69, 9.17) is 14.8 Å². The quantitative estimate of drug-likeness (QED) is 0.130. The Kier molecular flexibility index (Phi) is 10.5. The molecule has 0 bridgehead atoms. The summed E-state index contributed by atoms with van der Waals surface area (Å²) < 4.78 is 9.53. The van der Waals surface area contributed by atoms with Gasteiger partial charge in [-0.2, -0.15) is 5.10 Å². The second-order valence-corrected chi connectivity index (χ2v) is 16.9. The topological polar surface area (TPSA) is 94.2 Å². The van der Waals surface area contributed by atoms with Gasteiger partial charge in [-0.3, -0.25) is 14.7 Å². The lowest BCUT2D eigenvalue weighted by atomic mass is 10.1. The molecule has 0 saturated carbocycles. The highest BCUT2D eigenvalue weighted by Crippen LogP contribution is 2.22. The van der Waals surface area contributed by atoms with Gasteiger partial charge in [-0.05, 0) is 55.1 Å². The maximum atomic E-state index is 13.4. The van der Waals surface area contributed by atoms with Gasteiger partial charge in [0, 0.05) is 50.5 Å². The fraction of sp³-hybridized carbons (Fsp3) is 0.387. The first-order valence-electron chi connectivity index (χ1n) is 14.1. The average molecular weight is 560 g/mol. The number of aromatic nitrogens is 4. The van der Waals surface area contributed by atoms with Gasteiger partial charge < -0.3 is 9.84 Å². The number of aliphatic hydroxyl groups is 1. The van der Waals surface area contributed by atoms with Crippen molar-refractivity contribution in [2.24, 2.45) is 0 Å². The van der Waals surface area contributed by atoms with Crippen molar-refractivity contribution in [1.82, 2.24) is 19.3 Å². The van der Waals surface area contributed by atoms with Crippen molar-refractivity contribution in [2.75, 3.05) is 18.5 Å². The van der Waals surface area contributed by atoms with E-state index in [0.29, 0.717) is 18.2 Å². The summed E-state index contributed by atoms with van der Waals surface area (Å²) in [6, 6.07) is 18.6. The summed E-state index contributed by atoms with van der Waals surface area (Å²) in [4.78, 5) is 18.1. The molecule has 0 aliphatic rings. The third-order valence-corrected chi connectivity index (χ3v) is 8.37. The molecule has 2 N–H and O–H groups in total. The Bertz CT molecular complexity index is 1360. The van der Waals surface area contributed by atoms with Crippen LogP contribution in [0.15, 0.2) is 73.2 Å². The molecule has 4 rings (SSSR count). The van der Waals surface area contributed by atoms with Gasteiger partial charge in [0.05, 0.1) is 11.9 Å². The molecule has 2 aromatic heterocycles. The molecule has 0 spiro atoms. The number of rotatable bonds is 15. The molecule has 40 heavy (non-hydrogen) atoms. The lowest BCUT2D eigenvalue weighted by Crippen LogP contribution is -2.22. The number of unbranched alkanes of at least 4 members (excludes halogenated alkanes) is 3. The maximum absolute atomic E-state index is 13.4. The predicted molar refractivity (Wildman–Crippen MR) is 163 cm³/mol. The van der Waals surface area contributed by atoms with Crippen molar-refractivity contribution in [3.63, 3.8) is 0 Å². The largest absolute Gasteiger partial charge is 0.396 e. The third-order valence-electron chi connectivity index (χ3n) is 6.67. The van der Waals surface area contributed by atoms with Crippen LogP contribution < -0.4 is 5.32 Å². The van der Waals surface area contributed by atoms with Gasteiger partial charge in [-0.25, -0.2) is 9.67 Å². The normalized spacial score (nSPS) is 11.6. The number of hydrogen-bond donors (Lipinski definition) is 2. The van der Waals surface area contributed by atoms with Crippen LogP contribution in [0.3, 0.4) is 0 Å². The average Bonchev–Trinajstić information content (AvgIpc) is 3.58. The first-order valence-corrected chi connectivity index (χ1v) is 17.8. The molecular formula is C31H41N5O3Si. The fourth-order valence-electron chi connectivity index (χ4n) is 4.33. The van der Waals surface area contributed by atoms with Crippen LogP contribution in [0.2, 0.25) is 25.7 Å². The second kappa shape index (κ2) is 14.2. The predicted octanol–water partition coefficient (Wildman–Crippen LogP) is 6.40. The molecular weight excluding hydrogens is 518 g/mol. The summed E-state index contributed by atoms with van der Waals surface area (Å²) in [5.41, 5.74) is 4.25. The fourth-order valence-corrected chi connectivity index (χ4v) is 5.08. The van der Waals surface area contributed by atoms with Gasteiger partial charge >= 0.3 is 0 Å². The number of aryl methyl sites for hydroxylation is 1. The molecule has 4 aromatic rings. The number of benzene rings is 2. The van der Waals surface area contributed by atoms with E-state index in [2.05, 4.69) is 30.1 Å². The minimum Gasteiger partial charge on any atom is -0.396 e. The van der Waals surface area contributed by atoms with Crippen molar-refractivity contribution < 1.29 is 14.6 Å². The van der Waals surface area contributed by atoms with E-state index in [1.807, 2.05) is 65.5 Å². The smallest absolute Gasteiger partial charge is 0.258 e. The first kappa shape index (κ1) is 29.4. The van der Waals surface area contributed by atoms with Crippen molar-refractivity contribution in [1.29, 1.82) is 0 Å². The molecule has 1 amide bonds. The van der Waals surface area contributed by atoms with Gasteiger partial charge in [0.1, 0.15) is 6.73 Å². The number of aliphatic hydroxyl groups excluding tert-OH is 1. The van der Waals surface area contributed by atoms with Crippen molar-refractivity contribution in [3.05, 3.63) is 84.4 Å². The molecule has 212 valence electrons. The summed E-state index contributed by atoms with van der Waals surface area (Å²) in [7, 11) is -1.13. The van der Waals surface area contributed by atoms with E-state index in [1.54, 1.807) is 16.9 Å². The third kappa shape index (κ3) is 8.74. The Labute approximate surface area is 238 Å². The minimum absolute atomic E-state index is 0.221. The van der Waals surface area contributed by atoms with E-state index in [-0.39, 0.29) is 12.5 Å². The number of carbonyl (C=O) groups excluding carboxylic acids is 1. The number of ether oxygens (including phenoxy) is 1. The first-order chi connectivity index (χ1) is 19.3. The van der Waals surface area contributed by atoms with Crippen LogP contribution in [0.4, 0.5) is 5.95 Å². The zero-order valence-electron chi connectivity index (χ0n) is 23.8. The highest BCUT2D eigenvalue weighted by atomic mass is 28.3. The highest BCUT2D eigenvalue weighted by molar-refractivity contribution is 6.76. The van der Waals surface area contributed by atoms with E-state index < -0.39 is 8.07 Å². The molecule has 9 heteroatoms. The van der Waals surface area contributed by atoms with Crippen LogP contribution >= 0.6 is 0 Å². The zero-order valence-corrected chi connectivity index (χ0v) is 24.8. The van der Waals surface area contributed by atoms with Crippen LogP contribution in [0.1, 0.15) is 41.7 Å². The summed E-state index contributed by atoms with van der Waals surface area (Å²) in [5.74, 6) is 0.274. The Morgan fingerprint density at radius 1 is 0.975 bits per heavy atom. The Morgan fingerprint density at radius 2 is 1.77 bits per heavy atom. The number of anilines is 1. The number of imidazole rings is 1. The maximum Gasteiger partial charge on any atom is 0.258 e. The molecule has 0 saturated heterocycles. The molecule has 0 unspecified atom stereocenters. The van der Waals surface area contributed by atoms with Gasteiger partial charge in [0.15, 0.2) is 0 Å². The second-order valence-electron chi connectivity index (χ2n) is 11.3. The number of para-hydroxylation sites is 1. The monoisotopic (exact) mass is 559 g/mol. The van der Waals surface area contributed by atoms with Crippen molar-refractivity contribution in [2.45, 2.75) is 64.5 Å². The lowest BCUT2D eigenvalue weighted by molar-refractivity contribution is 0.0786.